The van der Waals surface area contributed by atoms with Crippen molar-refractivity contribution in [2.24, 2.45) is 5.73 Å². The molecule has 0 aliphatic carbocycles. The zero-order valence-corrected chi connectivity index (χ0v) is 7.32. The molecule has 1 aliphatic heterocycles. The Bertz CT molecular complexity index is 277. The lowest BCUT2D eigenvalue weighted by molar-refractivity contribution is 0.496. The Kier molecular flexibility index (Phi) is 1.84. The summed E-state index contributed by atoms with van der Waals surface area (Å²) in [5, 5.41) is 8.20. The van der Waals surface area contributed by atoms with E-state index in [-0.39, 0.29) is 6.04 Å². The van der Waals surface area contributed by atoms with Crippen molar-refractivity contribution in [3.63, 3.8) is 0 Å². The van der Waals surface area contributed by atoms with Gasteiger partial charge in [0.25, 0.3) is 0 Å². The van der Waals surface area contributed by atoms with E-state index in [1.807, 2.05) is 6.92 Å². The minimum atomic E-state index is 0.00403. The summed E-state index contributed by atoms with van der Waals surface area (Å²) in [5.41, 5.74) is 5.76. The van der Waals surface area contributed by atoms with Crippen LogP contribution in [0.1, 0.15) is 37.5 Å². The maximum absolute atomic E-state index is 5.76. The summed E-state index contributed by atoms with van der Waals surface area (Å²) in [5.74, 6) is 2.04. The molecule has 0 unspecified atom stereocenters. The second-order valence-corrected chi connectivity index (χ2v) is 3.37. The van der Waals surface area contributed by atoms with Gasteiger partial charge < -0.3 is 10.3 Å². The van der Waals surface area contributed by atoms with Gasteiger partial charge in [0.2, 0.25) is 0 Å². The molecule has 4 nitrogen and oxygen atoms in total. The van der Waals surface area contributed by atoms with Gasteiger partial charge in [-0.05, 0) is 19.8 Å². The predicted molar refractivity (Wildman–Crippen MR) is 45.6 cm³/mol. The third-order valence-electron chi connectivity index (χ3n) is 2.30. The van der Waals surface area contributed by atoms with Gasteiger partial charge in [-0.15, -0.1) is 10.2 Å². The summed E-state index contributed by atoms with van der Waals surface area (Å²) >= 11 is 0. The van der Waals surface area contributed by atoms with Gasteiger partial charge in [0.1, 0.15) is 11.6 Å². The molecule has 0 amide bonds. The Hall–Kier alpha value is -0.900. The molecular formula is C8H14N4. The molecule has 0 saturated heterocycles. The Morgan fingerprint density at radius 3 is 3.00 bits per heavy atom. The molecule has 2 N–H and O–H groups in total. The lowest BCUT2D eigenvalue weighted by Crippen LogP contribution is -2.17. The molecule has 0 spiro atoms. The summed E-state index contributed by atoms with van der Waals surface area (Å²) < 4.78 is 2.16. The lowest BCUT2D eigenvalue weighted by Gasteiger charge is -2.15. The quantitative estimate of drug-likeness (QED) is 0.666. The van der Waals surface area contributed by atoms with Crippen LogP contribution in [0.3, 0.4) is 0 Å². The third-order valence-corrected chi connectivity index (χ3v) is 2.30. The highest BCUT2D eigenvalue weighted by molar-refractivity contribution is 5.01. The molecule has 1 aromatic rings. The maximum Gasteiger partial charge on any atom is 0.149 e. The van der Waals surface area contributed by atoms with Gasteiger partial charge in [-0.2, -0.15) is 0 Å². The number of fused-ring (bicyclic) bond motifs is 1. The first-order valence-corrected chi connectivity index (χ1v) is 4.46. The van der Waals surface area contributed by atoms with Gasteiger partial charge in [-0.25, -0.2) is 0 Å². The van der Waals surface area contributed by atoms with Crippen LogP contribution in [0.25, 0.3) is 0 Å². The molecule has 0 fully saturated rings. The van der Waals surface area contributed by atoms with E-state index in [0.717, 1.165) is 24.6 Å². The highest BCUT2D eigenvalue weighted by Crippen LogP contribution is 2.16. The average molecular weight is 166 g/mol. The van der Waals surface area contributed by atoms with Crippen molar-refractivity contribution in [1.82, 2.24) is 14.8 Å². The normalized spacial score (nSPS) is 18.8. The molecule has 0 bridgehead atoms. The highest BCUT2D eigenvalue weighted by Gasteiger charge is 2.17. The molecule has 12 heavy (non-hydrogen) atoms. The van der Waals surface area contributed by atoms with Crippen LogP contribution in [0.15, 0.2) is 0 Å². The van der Waals surface area contributed by atoms with Gasteiger partial charge >= 0.3 is 0 Å². The fourth-order valence-corrected chi connectivity index (χ4v) is 1.67. The largest absolute Gasteiger partial charge is 0.322 e. The van der Waals surface area contributed by atoms with Crippen molar-refractivity contribution in [3.05, 3.63) is 11.6 Å². The summed E-state index contributed by atoms with van der Waals surface area (Å²) in [6.07, 6.45) is 3.52. The SMILES string of the molecule is C[C@@H](N)c1nnc2n1CCCC2. The Labute approximate surface area is 71.8 Å². The van der Waals surface area contributed by atoms with E-state index in [9.17, 15) is 0 Å². The van der Waals surface area contributed by atoms with Crippen LogP contribution < -0.4 is 5.73 Å². The van der Waals surface area contributed by atoms with Crippen LogP contribution in [0.5, 0.6) is 0 Å². The number of hydrogen-bond donors (Lipinski definition) is 1. The minimum Gasteiger partial charge on any atom is -0.322 e. The predicted octanol–water partition coefficient (Wildman–Crippen LogP) is 0.634. The number of hydrogen-bond acceptors (Lipinski definition) is 3. The van der Waals surface area contributed by atoms with Crippen LogP contribution in [0.2, 0.25) is 0 Å². The van der Waals surface area contributed by atoms with Crippen LogP contribution in [0.4, 0.5) is 0 Å². The minimum absolute atomic E-state index is 0.00403. The van der Waals surface area contributed by atoms with Gasteiger partial charge in [0, 0.05) is 13.0 Å². The van der Waals surface area contributed by atoms with Crippen molar-refractivity contribution in [1.29, 1.82) is 0 Å². The lowest BCUT2D eigenvalue weighted by atomic mass is 10.1. The zero-order valence-electron chi connectivity index (χ0n) is 7.32. The number of aryl methyl sites for hydroxylation is 1. The topological polar surface area (TPSA) is 56.7 Å². The van der Waals surface area contributed by atoms with Gasteiger partial charge in [0.15, 0.2) is 0 Å². The molecule has 1 aromatic heterocycles. The molecule has 0 saturated carbocycles. The molecule has 0 aromatic carbocycles. The second kappa shape index (κ2) is 2.86. The summed E-state index contributed by atoms with van der Waals surface area (Å²) in [6, 6.07) is 0.00403. The van der Waals surface area contributed by atoms with E-state index in [0.29, 0.717) is 0 Å². The smallest absolute Gasteiger partial charge is 0.149 e. The van der Waals surface area contributed by atoms with Crippen LogP contribution in [-0.4, -0.2) is 14.8 Å². The van der Waals surface area contributed by atoms with E-state index in [4.69, 9.17) is 5.73 Å². The van der Waals surface area contributed by atoms with Gasteiger partial charge in [-0.3, -0.25) is 0 Å². The molecular weight excluding hydrogens is 152 g/mol. The number of rotatable bonds is 1. The molecule has 1 aliphatic rings. The van der Waals surface area contributed by atoms with E-state index in [1.165, 1.54) is 12.8 Å². The van der Waals surface area contributed by atoms with Crippen molar-refractivity contribution < 1.29 is 0 Å². The van der Waals surface area contributed by atoms with Crippen molar-refractivity contribution in [2.45, 2.75) is 38.8 Å². The summed E-state index contributed by atoms with van der Waals surface area (Å²) in [4.78, 5) is 0. The molecule has 4 heteroatoms. The Morgan fingerprint density at radius 1 is 1.42 bits per heavy atom. The third kappa shape index (κ3) is 1.12. The molecule has 2 rings (SSSR count). The van der Waals surface area contributed by atoms with Crippen LogP contribution in [0, 0.1) is 0 Å². The number of aromatic nitrogens is 3. The molecule has 2 heterocycles. The van der Waals surface area contributed by atoms with Crippen LogP contribution >= 0.6 is 0 Å². The summed E-state index contributed by atoms with van der Waals surface area (Å²) in [7, 11) is 0. The molecule has 66 valence electrons. The zero-order chi connectivity index (χ0) is 8.55. The van der Waals surface area contributed by atoms with E-state index >= 15 is 0 Å². The maximum atomic E-state index is 5.76. The van der Waals surface area contributed by atoms with Crippen molar-refractivity contribution in [2.75, 3.05) is 0 Å². The monoisotopic (exact) mass is 166 g/mol. The van der Waals surface area contributed by atoms with E-state index in [1.54, 1.807) is 0 Å². The number of nitrogens with zero attached hydrogens (tertiary/aromatic N) is 3. The van der Waals surface area contributed by atoms with Gasteiger partial charge in [0.05, 0.1) is 6.04 Å². The first-order chi connectivity index (χ1) is 5.79. The van der Waals surface area contributed by atoms with Crippen LogP contribution in [-0.2, 0) is 13.0 Å². The fourth-order valence-electron chi connectivity index (χ4n) is 1.67. The number of nitrogens with two attached hydrogens (primary N) is 1. The molecule has 1 atom stereocenters. The standard InChI is InChI=1S/C8H14N4/c1-6(9)8-11-10-7-4-2-3-5-12(7)8/h6H,2-5,9H2,1H3/t6-/m1/s1. The summed E-state index contributed by atoms with van der Waals surface area (Å²) in [6.45, 7) is 2.99. The second-order valence-electron chi connectivity index (χ2n) is 3.37. The van der Waals surface area contributed by atoms with E-state index in [2.05, 4.69) is 14.8 Å². The van der Waals surface area contributed by atoms with Crippen molar-refractivity contribution in [3.8, 4) is 0 Å². The average Bonchev–Trinajstić information content (AvgIpc) is 2.47. The fraction of sp³-hybridized carbons (Fsp3) is 0.750. The molecule has 0 radical (unpaired) electrons. The first kappa shape index (κ1) is 7.73. The van der Waals surface area contributed by atoms with Crippen molar-refractivity contribution >= 4 is 0 Å². The highest BCUT2D eigenvalue weighted by atomic mass is 15.3. The van der Waals surface area contributed by atoms with E-state index < -0.39 is 0 Å². The Morgan fingerprint density at radius 2 is 2.25 bits per heavy atom. The Balaban J connectivity index is 2.38. The van der Waals surface area contributed by atoms with Gasteiger partial charge in [-0.1, -0.05) is 0 Å². The first-order valence-electron chi connectivity index (χ1n) is 4.46.